The van der Waals surface area contributed by atoms with E-state index in [0.29, 0.717) is 16.8 Å². The van der Waals surface area contributed by atoms with E-state index in [1.54, 1.807) is 36.0 Å². The van der Waals surface area contributed by atoms with Gasteiger partial charge >= 0.3 is 0 Å². The van der Waals surface area contributed by atoms with Crippen molar-refractivity contribution in [2.45, 2.75) is 20.8 Å². The first-order valence-corrected chi connectivity index (χ1v) is 9.72. The van der Waals surface area contributed by atoms with Crippen LogP contribution in [0.15, 0.2) is 67.0 Å². The van der Waals surface area contributed by atoms with E-state index in [1.807, 2.05) is 44.2 Å². The Morgan fingerprint density at radius 1 is 1.03 bits per heavy atom. The van der Waals surface area contributed by atoms with Gasteiger partial charge in [0.05, 0.1) is 4.92 Å². The minimum Gasteiger partial charge on any atom is -0.502 e. The Kier molecular flexibility index (Phi) is 6.23. The van der Waals surface area contributed by atoms with Crippen LogP contribution in [0.3, 0.4) is 0 Å². The molecular formula is C23H22N3O3S+. The van der Waals surface area contributed by atoms with Crippen LogP contribution < -0.4 is 9.88 Å². The van der Waals surface area contributed by atoms with Crippen molar-refractivity contribution in [1.29, 1.82) is 0 Å². The first-order valence-electron chi connectivity index (χ1n) is 9.31. The number of hydrogen-bond donors (Lipinski definition) is 2. The molecule has 0 aliphatic heterocycles. The van der Waals surface area contributed by atoms with Gasteiger partial charge in [-0.05, 0) is 44.0 Å². The molecule has 2 aromatic carbocycles. The molecule has 0 saturated heterocycles. The zero-order chi connectivity index (χ0) is 21.8. The van der Waals surface area contributed by atoms with E-state index < -0.39 is 4.92 Å². The largest absolute Gasteiger partial charge is 0.502 e. The number of aromatic nitrogens is 1. The quantitative estimate of drug-likeness (QED) is 0.149. The van der Waals surface area contributed by atoms with Gasteiger partial charge in [-0.1, -0.05) is 36.5 Å². The summed E-state index contributed by atoms with van der Waals surface area (Å²) in [6.07, 6.45) is 3.51. The lowest BCUT2D eigenvalue weighted by Crippen LogP contribution is -2.38. The molecule has 0 radical (unpaired) electrons. The van der Waals surface area contributed by atoms with Crippen LogP contribution in [0.4, 0.5) is 11.4 Å². The highest BCUT2D eigenvalue weighted by molar-refractivity contribution is 7.81. The third kappa shape index (κ3) is 4.69. The van der Waals surface area contributed by atoms with Crippen molar-refractivity contribution in [2.75, 3.05) is 5.32 Å². The molecule has 3 rings (SSSR count). The number of thiocarbonyl (C=S) groups is 1. The lowest BCUT2D eigenvalue weighted by atomic mass is 10.1. The van der Waals surface area contributed by atoms with Gasteiger partial charge in [-0.15, -0.1) is 0 Å². The third-order valence-corrected chi connectivity index (χ3v) is 4.87. The molecule has 0 amide bonds. The summed E-state index contributed by atoms with van der Waals surface area (Å²) in [5.41, 5.74) is 4.04. The standard InChI is InChI=1S/C23H21N3O3S/c1-15-11-16(2)13-19(12-15)24-23(30)21(25-9-5-4-6-10-25)22(27)18-8-7-17(3)20(14-18)26(28)29/h4-14H,1-3H3,(H-,24,27,30)/p+1. The summed E-state index contributed by atoms with van der Waals surface area (Å²) in [6.45, 7) is 5.64. The topological polar surface area (TPSA) is 79.3 Å². The number of aryl methyl sites for hydroxylation is 3. The second kappa shape index (κ2) is 8.84. The van der Waals surface area contributed by atoms with E-state index >= 15 is 0 Å². The summed E-state index contributed by atoms with van der Waals surface area (Å²) in [5.74, 6) is -0.156. The zero-order valence-corrected chi connectivity index (χ0v) is 17.7. The number of nitro groups is 1. The van der Waals surface area contributed by atoms with Crippen LogP contribution in [0, 0.1) is 30.9 Å². The maximum Gasteiger partial charge on any atom is 0.288 e. The van der Waals surface area contributed by atoms with Crippen LogP contribution in [0.2, 0.25) is 0 Å². The molecule has 2 N–H and O–H groups in total. The van der Waals surface area contributed by atoms with Crippen molar-refractivity contribution in [3.8, 4) is 0 Å². The van der Waals surface area contributed by atoms with Gasteiger partial charge in [0.25, 0.3) is 11.4 Å². The van der Waals surface area contributed by atoms with E-state index in [-0.39, 0.29) is 16.4 Å². The highest BCUT2D eigenvalue weighted by atomic mass is 32.1. The third-order valence-electron chi connectivity index (χ3n) is 4.57. The van der Waals surface area contributed by atoms with E-state index in [9.17, 15) is 15.2 Å². The Hall–Kier alpha value is -3.58. The van der Waals surface area contributed by atoms with Crippen LogP contribution in [-0.4, -0.2) is 15.0 Å². The van der Waals surface area contributed by atoms with Gasteiger partial charge in [0.2, 0.25) is 0 Å². The number of anilines is 1. The number of hydrogen-bond acceptors (Lipinski definition) is 4. The Balaban J connectivity index is 2.12. The van der Waals surface area contributed by atoms with Crippen molar-refractivity contribution >= 4 is 40.0 Å². The molecule has 0 saturated carbocycles. The molecule has 0 unspecified atom stereocenters. The summed E-state index contributed by atoms with van der Waals surface area (Å²) in [6, 6.07) is 16.0. The highest BCUT2D eigenvalue weighted by Crippen LogP contribution is 2.26. The molecule has 0 aliphatic rings. The predicted molar refractivity (Wildman–Crippen MR) is 122 cm³/mol. The number of nitro benzene ring substituents is 1. The summed E-state index contributed by atoms with van der Waals surface area (Å²) in [4.78, 5) is 11.2. The fourth-order valence-electron chi connectivity index (χ4n) is 3.22. The Morgan fingerprint density at radius 2 is 1.67 bits per heavy atom. The summed E-state index contributed by atoms with van der Waals surface area (Å²) < 4.78 is 1.68. The maximum absolute atomic E-state index is 11.3. The number of pyridine rings is 1. The van der Waals surface area contributed by atoms with E-state index in [1.165, 1.54) is 6.07 Å². The van der Waals surface area contributed by atoms with Crippen LogP contribution in [0.25, 0.3) is 11.5 Å². The number of aliphatic hydroxyl groups excluding tert-OH is 1. The van der Waals surface area contributed by atoms with Gasteiger partial charge < -0.3 is 10.4 Å². The van der Waals surface area contributed by atoms with Crippen LogP contribution in [0.1, 0.15) is 22.3 Å². The fourth-order valence-corrected chi connectivity index (χ4v) is 3.54. The average molecular weight is 421 g/mol. The monoisotopic (exact) mass is 420 g/mol. The lowest BCUT2D eigenvalue weighted by molar-refractivity contribution is -0.575. The molecule has 1 aromatic heterocycles. The SMILES string of the molecule is Cc1cc(C)cc(NC(=S)/C(=C(/O)c2ccc(C)c([N+](=O)[O-])c2)[n+]2ccccc2)c1. The molecular weight excluding hydrogens is 398 g/mol. The first-order chi connectivity index (χ1) is 14.3. The fraction of sp³-hybridized carbons (Fsp3) is 0.130. The van der Waals surface area contributed by atoms with E-state index in [4.69, 9.17) is 12.2 Å². The molecule has 3 aromatic rings. The van der Waals surface area contributed by atoms with E-state index in [0.717, 1.165) is 16.8 Å². The minimum absolute atomic E-state index is 0.0651. The van der Waals surface area contributed by atoms with Gasteiger partial charge in [0.1, 0.15) is 0 Å². The average Bonchev–Trinajstić information content (AvgIpc) is 2.68. The molecule has 0 spiro atoms. The number of aliphatic hydroxyl groups is 1. The van der Waals surface area contributed by atoms with Crippen LogP contribution >= 0.6 is 12.2 Å². The summed E-state index contributed by atoms with van der Waals surface area (Å²) >= 11 is 5.63. The predicted octanol–water partition coefficient (Wildman–Crippen LogP) is 5.13. The first kappa shape index (κ1) is 21.1. The number of rotatable bonds is 5. The Morgan fingerprint density at radius 3 is 2.27 bits per heavy atom. The van der Waals surface area contributed by atoms with Gasteiger partial charge in [0.15, 0.2) is 23.1 Å². The molecule has 6 nitrogen and oxygen atoms in total. The van der Waals surface area contributed by atoms with Gasteiger partial charge in [-0.25, -0.2) is 0 Å². The van der Waals surface area contributed by atoms with Crippen molar-refractivity contribution in [3.63, 3.8) is 0 Å². The molecule has 30 heavy (non-hydrogen) atoms. The van der Waals surface area contributed by atoms with E-state index in [2.05, 4.69) is 11.4 Å². The van der Waals surface area contributed by atoms with Gasteiger partial charge in [0, 0.05) is 35.0 Å². The number of nitrogens with zero attached hydrogens (tertiary/aromatic N) is 2. The molecule has 0 aliphatic carbocycles. The molecule has 0 bridgehead atoms. The van der Waals surface area contributed by atoms with Crippen LogP contribution in [0.5, 0.6) is 0 Å². The molecule has 7 heteroatoms. The molecule has 0 fully saturated rings. The van der Waals surface area contributed by atoms with Crippen molar-refractivity contribution in [2.24, 2.45) is 0 Å². The molecule has 152 valence electrons. The van der Waals surface area contributed by atoms with Crippen LogP contribution in [-0.2, 0) is 0 Å². The van der Waals surface area contributed by atoms with Crippen molar-refractivity contribution < 1.29 is 14.6 Å². The Bertz CT molecular complexity index is 1140. The van der Waals surface area contributed by atoms with Gasteiger partial charge in [-0.3, -0.25) is 10.1 Å². The molecule has 0 atom stereocenters. The smallest absolute Gasteiger partial charge is 0.288 e. The summed E-state index contributed by atoms with van der Waals surface area (Å²) in [5, 5.41) is 25.6. The Labute approximate surface area is 180 Å². The normalized spacial score (nSPS) is 11.6. The highest BCUT2D eigenvalue weighted by Gasteiger charge is 2.25. The second-order valence-electron chi connectivity index (χ2n) is 7.07. The van der Waals surface area contributed by atoms with Crippen molar-refractivity contribution in [1.82, 2.24) is 0 Å². The molecule has 1 heterocycles. The number of benzene rings is 2. The lowest BCUT2D eigenvalue weighted by Gasteiger charge is -2.11. The van der Waals surface area contributed by atoms with Gasteiger partial charge in [-0.2, -0.15) is 4.57 Å². The zero-order valence-electron chi connectivity index (χ0n) is 16.9. The summed E-state index contributed by atoms with van der Waals surface area (Å²) in [7, 11) is 0. The second-order valence-corrected chi connectivity index (χ2v) is 7.48. The maximum atomic E-state index is 11.3. The number of nitrogens with one attached hydrogen (secondary N) is 1. The van der Waals surface area contributed by atoms with Crippen molar-refractivity contribution in [3.05, 3.63) is 99.4 Å². The minimum atomic E-state index is -0.465.